The summed E-state index contributed by atoms with van der Waals surface area (Å²) in [6, 6.07) is 13.9. The molecule has 1 atom stereocenters. The van der Waals surface area contributed by atoms with Crippen molar-refractivity contribution in [2.24, 2.45) is 0 Å². The average molecular weight is 370 g/mol. The molecule has 27 heavy (non-hydrogen) atoms. The summed E-state index contributed by atoms with van der Waals surface area (Å²) >= 11 is 0. The van der Waals surface area contributed by atoms with Crippen LogP contribution in [0, 0.1) is 10.1 Å². The Morgan fingerprint density at radius 3 is 2.44 bits per heavy atom. The average Bonchev–Trinajstić information content (AvgIpc) is 2.72. The van der Waals surface area contributed by atoms with Gasteiger partial charge in [0.15, 0.2) is 0 Å². The van der Waals surface area contributed by atoms with Crippen LogP contribution in [0.2, 0.25) is 0 Å². The van der Waals surface area contributed by atoms with Gasteiger partial charge in [0, 0.05) is 30.8 Å². The van der Waals surface area contributed by atoms with Crippen LogP contribution in [0.4, 0.5) is 5.69 Å². The summed E-state index contributed by atoms with van der Waals surface area (Å²) in [6.45, 7) is 1.67. The van der Waals surface area contributed by atoms with Gasteiger partial charge in [0.05, 0.1) is 23.7 Å². The van der Waals surface area contributed by atoms with Crippen LogP contribution in [-0.2, 0) is 14.3 Å². The van der Waals surface area contributed by atoms with Gasteiger partial charge in [0.2, 0.25) is 6.10 Å². The third kappa shape index (κ3) is 4.48. The highest BCUT2D eigenvalue weighted by Gasteiger charge is 2.31. The van der Waals surface area contributed by atoms with Gasteiger partial charge in [-0.05, 0) is 6.07 Å². The number of hydrogen-bond donors (Lipinski definition) is 0. The van der Waals surface area contributed by atoms with Crippen LogP contribution in [0.3, 0.4) is 0 Å². The van der Waals surface area contributed by atoms with Crippen LogP contribution in [-0.4, -0.2) is 48.0 Å². The Hall–Kier alpha value is -3.26. The number of ether oxygens (including phenoxy) is 2. The van der Waals surface area contributed by atoms with Gasteiger partial charge in [-0.3, -0.25) is 14.9 Å². The number of amides is 1. The van der Waals surface area contributed by atoms with Gasteiger partial charge in [-0.1, -0.05) is 36.4 Å². The molecule has 0 N–H and O–H groups in total. The topological polar surface area (TPSA) is 99.0 Å². The first-order valence-electron chi connectivity index (χ1n) is 8.43. The summed E-state index contributed by atoms with van der Waals surface area (Å²) in [6.07, 6.45) is -1.13. The molecule has 0 bridgehead atoms. The number of nitro benzene ring substituents is 1. The largest absolute Gasteiger partial charge is 0.444 e. The number of non-ortho nitro benzene ring substituents is 1. The molecule has 1 heterocycles. The van der Waals surface area contributed by atoms with Crippen molar-refractivity contribution in [3.63, 3.8) is 0 Å². The summed E-state index contributed by atoms with van der Waals surface area (Å²) in [5.41, 5.74) is 0.327. The van der Waals surface area contributed by atoms with E-state index in [2.05, 4.69) is 0 Å². The Morgan fingerprint density at radius 1 is 1.07 bits per heavy atom. The van der Waals surface area contributed by atoms with Crippen molar-refractivity contribution in [1.29, 1.82) is 0 Å². The van der Waals surface area contributed by atoms with Gasteiger partial charge in [0.25, 0.3) is 11.6 Å². The molecule has 8 nitrogen and oxygen atoms in total. The van der Waals surface area contributed by atoms with Crippen molar-refractivity contribution in [2.45, 2.75) is 6.10 Å². The van der Waals surface area contributed by atoms with Crippen molar-refractivity contribution in [2.75, 3.05) is 26.3 Å². The molecule has 2 aromatic rings. The molecule has 1 aliphatic rings. The molecule has 140 valence electrons. The van der Waals surface area contributed by atoms with Gasteiger partial charge in [-0.25, -0.2) is 4.79 Å². The summed E-state index contributed by atoms with van der Waals surface area (Å²) in [7, 11) is 0. The molecule has 8 heteroatoms. The minimum absolute atomic E-state index is 0.0138. The number of nitrogens with zero attached hydrogens (tertiary/aromatic N) is 2. The quantitative estimate of drug-likeness (QED) is 0.455. The van der Waals surface area contributed by atoms with Crippen LogP contribution in [0.1, 0.15) is 22.0 Å². The SMILES string of the molecule is O=C(OC(C(=O)N1CCOCC1)c1ccccc1)c1cccc([N+](=O)[O-])c1. The molecule has 3 rings (SSSR count). The zero-order valence-corrected chi connectivity index (χ0v) is 14.4. The van der Waals surface area contributed by atoms with E-state index in [1.807, 2.05) is 0 Å². The highest BCUT2D eigenvalue weighted by Crippen LogP contribution is 2.23. The molecule has 0 spiro atoms. The minimum Gasteiger partial charge on any atom is -0.444 e. The van der Waals surface area contributed by atoms with Crippen molar-refractivity contribution in [3.05, 3.63) is 75.8 Å². The Bertz CT molecular complexity index is 833. The summed E-state index contributed by atoms with van der Waals surface area (Å²) in [5.74, 6) is -1.14. The molecule has 1 saturated heterocycles. The number of rotatable bonds is 5. The maximum atomic E-state index is 12.9. The molecule has 1 unspecified atom stereocenters. The van der Waals surface area contributed by atoms with E-state index in [0.29, 0.717) is 31.9 Å². The lowest BCUT2D eigenvalue weighted by Crippen LogP contribution is -2.44. The van der Waals surface area contributed by atoms with Crippen LogP contribution in [0.15, 0.2) is 54.6 Å². The van der Waals surface area contributed by atoms with Crippen molar-refractivity contribution in [3.8, 4) is 0 Å². The molecule has 0 saturated carbocycles. The Morgan fingerprint density at radius 2 is 1.78 bits per heavy atom. The second kappa shape index (κ2) is 8.41. The standard InChI is InChI=1S/C19H18N2O6/c22-18(20-9-11-26-12-10-20)17(14-5-2-1-3-6-14)27-19(23)15-7-4-8-16(13-15)21(24)25/h1-8,13,17H,9-12H2. The molecule has 0 aromatic heterocycles. The molecule has 1 amide bonds. The Kier molecular flexibility index (Phi) is 5.77. The first-order valence-corrected chi connectivity index (χ1v) is 8.43. The summed E-state index contributed by atoms with van der Waals surface area (Å²) in [5, 5.41) is 10.9. The molecule has 1 fully saturated rings. The fourth-order valence-electron chi connectivity index (χ4n) is 2.76. The van der Waals surface area contributed by atoms with E-state index in [9.17, 15) is 19.7 Å². The number of esters is 1. The number of morpholine rings is 1. The third-order valence-corrected chi connectivity index (χ3v) is 4.17. The lowest BCUT2D eigenvalue weighted by Gasteiger charge is -2.30. The molecule has 0 radical (unpaired) electrons. The number of carbonyl (C=O) groups excluding carboxylic acids is 2. The van der Waals surface area contributed by atoms with Gasteiger partial charge in [0.1, 0.15) is 0 Å². The minimum atomic E-state index is -1.13. The van der Waals surface area contributed by atoms with E-state index in [1.165, 1.54) is 18.2 Å². The lowest BCUT2D eigenvalue weighted by atomic mass is 10.1. The van der Waals surface area contributed by atoms with Crippen LogP contribution in [0.25, 0.3) is 0 Å². The lowest BCUT2D eigenvalue weighted by molar-refractivity contribution is -0.384. The smallest absolute Gasteiger partial charge is 0.339 e. The predicted molar refractivity (Wildman–Crippen MR) is 95.1 cm³/mol. The number of hydrogen-bond acceptors (Lipinski definition) is 6. The van der Waals surface area contributed by atoms with E-state index >= 15 is 0 Å². The molecular formula is C19H18N2O6. The molecule has 1 aliphatic heterocycles. The maximum Gasteiger partial charge on any atom is 0.339 e. The Labute approximate surface area is 155 Å². The van der Waals surface area contributed by atoms with Gasteiger partial charge in [-0.2, -0.15) is 0 Å². The highest BCUT2D eigenvalue weighted by molar-refractivity contribution is 5.93. The van der Waals surface area contributed by atoms with Crippen LogP contribution < -0.4 is 0 Å². The monoisotopic (exact) mass is 370 g/mol. The zero-order chi connectivity index (χ0) is 19.2. The van der Waals surface area contributed by atoms with E-state index in [1.54, 1.807) is 35.2 Å². The van der Waals surface area contributed by atoms with Gasteiger partial charge in [-0.15, -0.1) is 0 Å². The van der Waals surface area contributed by atoms with Gasteiger partial charge >= 0.3 is 5.97 Å². The van der Waals surface area contributed by atoms with E-state index in [0.717, 1.165) is 6.07 Å². The number of carbonyl (C=O) groups is 2. The molecule has 0 aliphatic carbocycles. The van der Waals surface area contributed by atoms with Crippen molar-refractivity contribution in [1.82, 2.24) is 4.90 Å². The normalized spacial score (nSPS) is 15.0. The van der Waals surface area contributed by atoms with E-state index in [-0.39, 0.29) is 17.2 Å². The second-order valence-electron chi connectivity index (χ2n) is 5.94. The summed E-state index contributed by atoms with van der Waals surface area (Å²) < 4.78 is 10.7. The van der Waals surface area contributed by atoms with E-state index in [4.69, 9.17) is 9.47 Å². The zero-order valence-electron chi connectivity index (χ0n) is 14.4. The van der Waals surface area contributed by atoms with Crippen molar-refractivity contribution < 1.29 is 24.0 Å². The van der Waals surface area contributed by atoms with Gasteiger partial charge < -0.3 is 14.4 Å². The predicted octanol–water partition coefficient (Wildman–Crippen LogP) is 2.35. The highest BCUT2D eigenvalue weighted by atomic mass is 16.6. The molecular weight excluding hydrogens is 352 g/mol. The number of nitro groups is 1. The summed E-state index contributed by atoms with van der Waals surface area (Å²) in [4.78, 5) is 37.4. The first-order chi connectivity index (χ1) is 13.1. The fraction of sp³-hybridized carbons (Fsp3) is 0.263. The van der Waals surface area contributed by atoms with Crippen LogP contribution >= 0.6 is 0 Å². The van der Waals surface area contributed by atoms with Crippen molar-refractivity contribution >= 4 is 17.6 Å². The number of benzene rings is 2. The fourth-order valence-corrected chi connectivity index (χ4v) is 2.76. The first kappa shape index (κ1) is 18.5. The second-order valence-corrected chi connectivity index (χ2v) is 5.94. The van der Waals surface area contributed by atoms with E-state index < -0.39 is 17.0 Å². The molecule has 2 aromatic carbocycles. The Balaban J connectivity index is 1.85. The van der Waals surface area contributed by atoms with Crippen LogP contribution in [0.5, 0.6) is 0 Å². The third-order valence-electron chi connectivity index (χ3n) is 4.17. The maximum absolute atomic E-state index is 12.9.